The van der Waals surface area contributed by atoms with Crippen molar-refractivity contribution >= 4 is 71.2 Å². The Morgan fingerprint density at radius 1 is 0.333 bits per heavy atom. The molecule has 0 saturated heterocycles. The number of rotatable bonds is 6. The number of anilines is 3. The van der Waals surface area contributed by atoms with Gasteiger partial charge in [-0.1, -0.05) is 196 Å². The molecule has 0 bridgehead atoms. The summed E-state index contributed by atoms with van der Waals surface area (Å²) in [6, 6.07) is 70.9. The summed E-state index contributed by atoms with van der Waals surface area (Å²) in [6.45, 7) is 21.0. The van der Waals surface area contributed by atoms with Crippen molar-refractivity contribution in [2.75, 3.05) is 4.90 Å². The van der Waals surface area contributed by atoms with Crippen molar-refractivity contribution in [3.63, 3.8) is 0 Å². The van der Waals surface area contributed by atoms with Gasteiger partial charge in [0.2, 0.25) is 0 Å². The first kappa shape index (κ1) is 41.5. The van der Waals surface area contributed by atoms with Gasteiger partial charge in [-0.15, -0.1) is 0 Å². The number of hydrogen-bond acceptors (Lipinski definition) is 1. The Bertz CT molecular complexity index is 3550. The van der Waals surface area contributed by atoms with Crippen molar-refractivity contribution in [2.45, 2.75) is 78.6 Å². The lowest BCUT2D eigenvalue weighted by Crippen LogP contribution is -2.20. The fraction of sp³-hybridized carbons (Fsp3) is 0.188. The van der Waals surface area contributed by atoms with Gasteiger partial charge >= 0.3 is 0 Å². The first-order chi connectivity index (χ1) is 31.6. The lowest BCUT2D eigenvalue weighted by Gasteiger charge is -2.33. The highest BCUT2D eigenvalue weighted by Crippen LogP contribution is 2.48. The van der Waals surface area contributed by atoms with E-state index in [0.29, 0.717) is 0 Å². The number of fused-ring (bicyclic) bond motifs is 3. The zero-order valence-electron chi connectivity index (χ0n) is 39.8. The zero-order chi connectivity index (χ0) is 45.7. The summed E-state index contributed by atoms with van der Waals surface area (Å²) in [5, 5.41) is 10.1. The van der Waals surface area contributed by atoms with E-state index in [9.17, 15) is 0 Å². The van der Waals surface area contributed by atoms with Crippen LogP contribution in [0.4, 0.5) is 17.1 Å². The molecule has 0 radical (unpaired) electrons. The summed E-state index contributed by atoms with van der Waals surface area (Å²) < 4.78 is 2.47. The smallest absolute Gasteiger partial charge is 0.0541 e. The van der Waals surface area contributed by atoms with Crippen LogP contribution in [0, 0.1) is 0 Å². The minimum atomic E-state index is -0.108. The van der Waals surface area contributed by atoms with Crippen molar-refractivity contribution in [1.29, 1.82) is 0 Å². The summed E-state index contributed by atoms with van der Waals surface area (Å²) >= 11 is 0. The molecule has 0 N–H and O–H groups in total. The van der Waals surface area contributed by atoms with E-state index in [2.05, 4.69) is 260 Å². The normalized spacial score (nSPS) is 12.6. The van der Waals surface area contributed by atoms with E-state index in [4.69, 9.17) is 0 Å². The van der Waals surface area contributed by atoms with Gasteiger partial charge in [0, 0.05) is 32.9 Å². The summed E-state index contributed by atoms with van der Waals surface area (Å²) in [5.74, 6) is 0. The molecule has 0 aliphatic carbocycles. The molecular formula is C64H58N2. The fourth-order valence-corrected chi connectivity index (χ4v) is 10.2. The maximum atomic E-state index is 2.57. The third kappa shape index (κ3) is 7.02. The van der Waals surface area contributed by atoms with Gasteiger partial charge in [0.15, 0.2) is 0 Å². The number of para-hydroxylation sites is 2. The molecule has 324 valence electrons. The van der Waals surface area contributed by atoms with Gasteiger partial charge in [0.25, 0.3) is 0 Å². The Labute approximate surface area is 390 Å². The van der Waals surface area contributed by atoms with Crippen molar-refractivity contribution < 1.29 is 0 Å². The number of aromatic nitrogens is 1. The molecule has 0 aliphatic heterocycles. The molecule has 2 heteroatoms. The van der Waals surface area contributed by atoms with Crippen molar-refractivity contribution in [1.82, 2.24) is 4.57 Å². The van der Waals surface area contributed by atoms with Gasteiger partial charge in [-0.05, 0) is 131 Å². The molecular weight excluding hydrogens is 797 g/mol. The van der Waals surface area contributed by atoms with E-state index < -0.39 is 0 Å². The van der Waals surface area contributed by atoms with Crippen LogP contribution < -0.4 is 4.90 Å². The first-order valence-corrected chi connectivity index (χ1v) is 23.6. The van der Waals surface area contributed by atoms with Crippen LogP contribution in [0.3, 0.4) is 0 Å². The second-order valence-corrected chi connectivity index (χ2v) is 21.5. The minimum absolute atomic E-state index is 0.0656. The third-order valence-corrected chi connectivity index (χ3v) is 13.9. The SMILES string of the molecule is CC(C)(C)c1cc(-c2cccc(-c3ccccc3)c2)cc(N(c2cc(C(C)(C)C)cc(C(C)(C)C)c2)c2ccc3ccc4c(-n5c6ccccc6c6ccccc65)ccc5ccc2c3c54)c1. The largest absolute Gasteiger partial charge is 0.310 e. The predicted molar refractivity (Wildman–Crippen MR) is 286 cm³/mol. The van der Waals surface area contributed by atoms with E-state index in [1.54, 1.807) is 0 Å². The molecule has 0 saturated carbocycles. The summed E-state index contributed by atoms with van der Waals surface area (Å²) in [7, 11) is 0. The van der Waals surface area contributed by atoms with Crippen LogP contribution in [0.2, 0.25) is 0 Å². The van der Waals surface area contributed by atoms with Crippen LogP contribution in [0.1, 0.15) is 79.0 Å². The van der Waals surface area contributed by atoms with Gasteiger partial charge in [-0.2, -0.15) is 0 Å². The Kier molecular flexibility index (Phi) is 9.57. The number of hydrogen-bond donors (Lipinski definition) is 0. The van der Waals surface area contributed by atoms with Crippen molar-refractivity contribution in [3.8, 4) is 27.9 Å². The molecule has 10 aromatic carbocycles. The van der Waals surface area contributed by atoms with Crippen LogP contribution in [-0.4, -0.2) is 4.57 Å². The Balaban J connectivity index is 1.21. The van der Waals surface area contributed by atoms with Crippen LogP contribution in [0.5, 0.6) is 0 Å². The molecule has 11 rings (SSSR count). The lowest BCUT2D eigenvalue weighted by atomic mass is 9.80. The highest BCUT2D eigenvalue weighted by Gasteiger charge is 2.27. The number of nitrogens with zero attached hydrogens (tertiary/aromatic N) is 2. The molecule has 66 heavy (non-hydrogen) atoms. The van der Waals surface area contributed by atoms with Crippen LogP contribution in [-0.2, 0) is 16.2 Å². The van der Waals surface area contributed by atoms with Gasteiger partial charge < -0.3 is 9.47 Å². The summed E-state index contributed by atoms with van der Waals surface area (Å²) in [4.78, 5) is 2.57. The Morgan fingerprint density at radius 3 is 1.41 bits per heavy atom. The van der Waals surface area contributed by atoms with E-state index in [1.165, 1.54) is 110 Å². The first-order valence-electron chi connectivity index (χ1n) is 23.6. The molecule has 0 aliphatic rings. The van der Waals surface area contributed by atoms with Gasteiger partial charge in [0.1, 0.15) is 0 Å². The summed E-state index contributed by atoms with van der Waals surface area (Å²) in [5.41, 5.74) is 15.7. The van der Waals surface area contributed by atoms with E-state index in [-0.39, 0.29) is 16.2 Å². The van der Waals surface area contributed by atoms with E-state index >= 15 is 0 Å². The van der Waals surface area contributed by atoms with Gasteiger partial charge in [0.05, 0.1) is 22.4 Å². The molecule has 1 heterocycles. The zero-order valence-corrected chi connectivity index (χ0v) is 39.8. The number of benzene rings is 10. The van der Waals surface area contributed by atoms with Crippen LogP contribution in [0.25, 0.3) is 82.1 Å². The Hall–Kier alpha value is -7.16. The van der Waals surface area contributed by atoms with Crippen LogP contribution >= 0.6 is 0 Å². The minimum Gasteiger partial charge on any atom is -0.310 e. The monoisotopic (exact) mass is 854 g/mol. The second kappa shape index (κ2) is 15.2. The molecule has 0 fully saturated rings. The standard InChI is InChI=1S/C64H58N2/c1-62(2,3)47-35-46(45-21-17-20-44(34-45)41-18-11-10-12-19-41)36-50(38-47)65(51-39-48(63(4,5)6)37-49(40-51)64(7,8)9)58-32-28-42-27-31-55-59(33-29-43-26-30-54(58)60(42)61(43)55)66-56-24-15-13-22-52(56)53-23-14-16-25-57(53)66/h10-40H,1-9H3. The lowest BCUT2D eigenvalue weighted by molar-refractivity contribution is 0.569. The topological polar surface area (TPSA) is 8.17 Å². The van der Waals surface area contributed by atoms with Crippen molar-refractivity contribution in [3.05, 3.63) is 205 Å². The maximum Gasteiger partial charge on any atom is 0.0541 e. The molecule has 0 spiro atoms. The molecule has 1 aromatic heterocycles. The highest BCUT2D eigenvalue weighted by atomic mass is 15.1. The fourth-order valence-electron chi connectivity index (χ4n) is 10.2. The average Bonchev–Trinajstić information content (AvgIpc) is 3.64. The average molecular weight is 855 g/mol. The molecule has 2 nitrogen and oxygen atoms in total. The van der Waals surface area contributed by atoms with E-state index in [0.717, 1.165) is 5.69 Å². The van der Waals surface area contributed by atoms with Gasteiger partial charge in [-0.25, -0.2) is 0 Å². The molecule has 0 amide bonds. The van der Waals surface area contributed by atoms with Crippen molar-refractivity contribution in [2.24, 2.45) is 0 Å². The predicted octanol–water partition coefficient (Wildman–Crippen LogP) is 18.4. The molecule has 0 atom stereocenters. The molecule has 0 unspecified atom stereocenters. The summed E-state index contributed by atoms with van der Waals surface area (Å²) in [6.07, 6.45) is 0. The highest BCUT2D eigenvalue weighted by molar-refractivity contribution is 6.27. The van der Waals surface area contributed by atoms with Gasteiger partial charge in [-0.3, -0.25) is 0 Å². The van der Waals surface area contributed by atoms with E-state index in [1.807, 2.05) is 0 Å². The molecule has 11 aromatic rings. The maximum absolute atomic E-state index is 2.57. The quantitative estimate of drug-likeness (QED) is 0.151. The van der Waals surface area contributed by atoms with Crippen LogP contribution in [0.15, 0.2) is 188 Å². The second-order valence-electron chi connectivity index (χ2n) is 21.5. The Morgan fingerprint density at radius 2 is 0.803 bits per heavy atom. The third-order valence-electron chi connectivity index (χ3n) is 13.9.